The highest BCUT2D eigenvalue weighted by Crippen LogP contribution is 2.23. The third kappa shape index (κ3) is 4.23. The molecule has 0 radical (unpaired) electrons. The maximum Gasteiger partial charge on any atom is 0.266 e. The Morgan fingerprint density at radius 1 is 1.17 bits per heavy atom. The number of nitrogens with zero attached hydrogens (tertiary/aromatic N) is 2. The molecule has 7 nitrogen and oxygen atoms in total. The van der Waals surface area contributed by atoms with Crippen molar-refractivity contribution in [2.45, 2.75) is 11.7 Å². The second kappa shape index (κ2) is 8.87. The van der Waals surface area contributed by atoms with E-state index in [0.717, 1.165) is 0 Å². The van der Waals surface area contributed by atoms with Crippen molar-refractivity contribution in [3.8, 4) is 11.4 Å². The van der Waals surface area contributed by atoms with E-state index in [1.165, 1.54) is 16.3 Å². The molecule has 0 aliphatic rings. The van der Waals surface area contributed by atoms with E-state index in [4.69, 9.17) is 9.15 Å². The summed E-state index contributed by atoms with van der Waals surface area (Å²) in [6.45, 7) is 0.306. The monoisotopic (exact) mass is 421 g/mol. The summed E-state index contributed by atoms with van der Waals surface area (Å²) in [6.07, 6.45) is 1.56. The van der Waals surface area contributed by atoms with Gasteiger partial charge in [0.15, 0.2) is 5.16 Å². The summed E-state index contributed by atoms with van der Waals surface area (Å²) in [5.41, 5.74) is 1.00. The minimum absolute atomic E-state index is 0.107. The Labute approximate surface area is 176 Å². The summed E-state index contributed by atoms with van der Waals surface area (Å²) in [5.74, 6) is 1.22. The van der Waals surface area contributed by atoms with E-state index in [0.29, 0.717) is 39.8 Å². The highest BCUT2D eigenvalue weighted by molar-refractivity contribution is 7.99. The van der Waals surface area contributed by atoms with Crippen LogP contribution in [0.25, 0.3) is 16.6 Å². The molecule has 0 saturated carbocycles. The van der Waals surface area contributed by atoms with E-state index >= 15 is 0 Å². The molecule has 0 aliphatic heterocycles. The number of ether oxygens (including phenoxy) is 1. The topological polar surface area (TPSA) is 86.4 Å². The average Bonchev–Trinajstić information content (AvgIpc) is 3.30. The number of benzene rings is 2. The summed E-state index contributed by atoms with van der Waals surface area (Å²) in [7, 11) is 1.57. The van der Waals surface area contributed by atoms with Gasteiger partial charge in [-0.15, -0.1) is 0 Å². The predicted octanol–water partition coefficient (Wildman–Crippen LogP) is 3.40. The van der Waals surface area contributed by atoms with Crippen molar-refractivity contribution in [2.75, 3.05) is 12.9 Å². The summed E-state index contributed by atoms with van der Waals surface area (Å²) in [6, 6.07) is 17.9. The van der Waals surface area contributed by atoms with E-state index in [9.17, 15) is 9.59 Å². The van der Waals surface area contributed by atoms with Gasteiger partial charge in [0.25, 0.3) is 5.56 Å². The van der Waals surface area contributed by atoms with Crippen LogP contribution in [-0.2, 0) is 11.3 Å². The van der Waals surface area contributed by atoms with Crippen LogP contribution in [0.4, 0.5) is 0 Å². The van der Waals surface area contributed by atoms with Gasteiger partial charge in [0.2, 0.25) is 5.91 Å². The van der Waals surface area contributed by atoms with Gasteiger partial charge < -0.3 is 14.5 Å². The van der Waals surface area contributed by atoms with Crippen LogP contribution in [0.5, 0.6) is 5.75 Å². The number of carbonyl (C=O) groups excluding carboxylic acids is 1. The largest absolute Gasteiger partial charge is 0.497 e. The van der Waals surface area contributed by atoms with Crippen LogP contribution in [0.3, 0.4) is 0 Å². The molecule has 8 heteroatoms. The van der Waals surface area contributed by atoms with E-state index in [-0.39, 0.29) is 17.2 Å². The number of thioether (sulfide) groups is 1. The number of fused-ring (bicyclic) bond motifs is 1. The lowest BCUT2D eigenvalue weighted by Gasteiger charge is -2.14. The molecule has 0 saturated heterocycles. The van der Waals surface area contributed by atoms with Gasteiger partial charge >= 0.3 is 0 Å². The van der Waals surface area contributed by atoms with E-state index in [1.54, 1.807) is 68.0 Å². The molecular weight excluding hydrogens is 402 g/mol. The predicted molar refractivity (Wildman–Crippen MR) is 115 cm³/mol. The minimum Gasteiger partial charge on any atom is -0.497 e. The molecule has 2 aromatic carbocycles. The van der Waals surface area contributed by atoms with Crippen molar-refractivity contribution in [2.24, 2.45) is 0 Å². The maximum absolute atomic E-state index is 13.2. The first-order valence-electron chi connectivity index (χ1n) is 9.24. The summed E-state index contributed by atoms with van der Waals surface area (Å²) >= 11 is 1.20. The highest BCUT2D eigenvalue weighted by atomic mass is 32.2. The van der Waals surface area contributed by atoms with Gasteiger partial charge in [-0.25, -0.2) is 4.98 Å². The lowest BCUT2D eigenvalue weighted by atomic mass is 10.2. The molecule has 2 aromatic heterocycles. The Morgan fingerprint density at radius 2 is 2.03 bits per heavy atom. The number of hydrogen-bond acceptors (Lipinski definition) is 6. The van der Waals surface area contributed by atoms with Crippen molar-refractivity contribution in [3.63, 3.8) is 0 Å². The van der Waals surface area contributed by atoms with Gasteiger partial charge in [-0.1, -0.05) is 30.0 Å². The van der Waals surface area contributed by atoms with E-state index in [1.807, 2.05) is 6.07 Å². The van der Waals surface area contributed by atoms with Crippen molar-refractivity contribution in [3.05, 3.63) is 83.0 Å². The molecule has 2 heterocycles. The Balaban J connectivity index is 1.65. The number of amides is 1. The van der Waals surface area contributed by atoms with Crippen LogP contribution in [0, 0.1) is 0 Å². The summed E-state index contributed by atoms with van der Waals surface area (Å²) in [4.78, 5) is 30.2. The minimum atomic E-state index is -0.202. The third-order valence-corrected chi connectivity index (χ3v) is 5.37. The highest BCUT2D eigenvalue weighted by Gasteiger charge is 2.15. The van der Waals surface area contributed by atoms with Crippen LogP contribution in [-0.4, -0.2) is 28.3 Å². The molecule has 0 fully saturated rings. The number of methoxy groups -OCH3 is 1. The standard InChI is InChI=1S/C22H19N3O4S/c1-28-16-7-4-6-15(12-16)25-21(27)18-9-2-3-10-19(18)24-22(25)30-14-20(26)23-13-17-8-5-11-29-17/h2-12H,13-14H2,1H3,(H,23,26). The molecule has 30 heavy (non-hydrogen) atoms. The quantitative estimate of drug-likeness (QED) is 0.364. The number of aromatic nitrogens is 2. The van der Waals surface area contributed by atoms with Crippen LogP contribution in [0.15, 0.2) is 81.3 Å². The molecule has 4 rings (SSSR count). The lowest BCUT2D eigenvalue weighted by molar-refractivity contribution is -0.118. The first kappa shape index (κ1) is 19.8. The lowest BCUT2D eigenvalue weighted by Crippen LogP contribution is -2.26. The van der Waals surface area contributed by atoms with Gasteiger partial charge in [-0.2, -0.15) is 0 Å². The first-order valence-corrected chi connectivity index (χ1v) is 10.2. The Kier molecular flexibility index (Phi) is 5.85. The molecular formula is C22H19N3O4S. The smallest absolute Gasteiger partial charge is 0.266 e. The van der Waals surface area contributed by atoms with Gasteiger partial charge in [-0.05, 0) is 36.4 Å². The van der Waals surface area contributed by atoms with Crippen LogP contribution in [0.1, 0.15) is 5.76 Å². The van der Waals surface area contributed by atoms with Crippen molar-refractivity contribution >= 4 is 28.6 Å². The fraction of sp³-hybridized carbons (Fsp3) is 0.136. The van der Waals surface area contributed by atoms with Gasteiger partial charge in [0, 0.05) is 6.07 Å². The van der Waals surface area contributed by atoms with Crippen LogP contribution >= 0.6 is 11.8 Å². The summed E-state index contributed by atoms with van der Waals surface area (Å²) < 4.78 is 12.0. The zero-order valence-electron chi connectivity index (χ0n) is 16.2. The normalized spacial score (nSPS) is 10.8. The number of hydrogen-bond donors (Lipinski definition) is 1. The zero-order valence-corrected chi connectivity index (χ0v) is 17.0. The third-order valence-electron chi connectivity index (χ3n) is 4.43. The second-order valence-electron chi connectivity index (χ2n) is 6.40. The molecule has 4 aromatic rings. The summed E-state index contributed by atoms with van der Waals surface area (Å²) in [5, 5.41) is 3.73. The second-order valence-corrected chi connectivity index (χ2v) is 7.34. The molecule has 0 bridgehead atoms. The van der Waals surface area contributed by atoms with E-state index in [2.05, 4.69) is 10.3 Å². The average molecular weight is 421 g/mol. The van der Waals surface area contributed by atoms with Gasteiger partial charge in [0.05, 0.1) is 42.3 Å². The Bertz CT molecular complexity index is 1230. The van der Waals surface area contributed by atoms with Gasteiger partial charge in [-0.3, -0.25) is 14.2 Å². The molecule has 1 N–H and O–H groups in total. The SMILES string of the molecule is COc1cccc(-n2c(SCC(=O)NCc3ccco3)nc3ccccc3c2=O)c1. The van der Waals surface area contributed by atoms with Crippen molar-refractivity contribution in [1.29, 1.82) is 0 Å². The number of rotatable bonds is 7. The number of carbonyl (C=O) groups is 1. The fourth-order valence-electron chi connectivity index (χ4n) is 2.97. The van der Waals surface area contributed by atoms with Gasteiger partial charge in [0.1, 0.15) is 11.5 Å². The molecule has 0 spiro atoms. The molecule has 0 aliphatic carbocycles. The Hall–Kier alpha value is -3.52. The molecule has 1 amide bonds. The molecule has 152 valence electrons. The van der Waals surface area contributed by atoms with E-state index < -0.39 is 0 Å². The van der Waals surface area contributed by atoms with Crippen LogP contribution < -0.4 is 15.6 Å². The van der Waals surface area contributed by atoms with Crippen molar-refractivity contribution < 1.29 is 13.9 Å². The maximum atomic E-state index is 13.2. The van der Waals surface area contributed by atoms with Crippen molar-refractivity contribution in [1.82, 2.24) is 14.9 Å². The zero-order chi connectivity index (χ0) is 20.9. The fourth-order valence-corrected chi connectivity index (χ4v) is 3.81. The molecule has 0 unspecified atom stereocenters. The van der Waals surface area contributed by atoms with Crippen LogP contribution in [0.2, 0.25) is 0 Å². The number of nitrogens with one attached hydrogen (secondary N) is 1. The first-order chi connectivity index (χ1) is 14.7. The molecule has 0 atom stereocenters. The number of para-hydroxylation sites is 1. The Morgan fingerprint density at radius 3 is 2.83 bits per heavy atom. The number of furan rings is 1.